The number of hydrogen-bond donors (Lipinski definition) is 2. The third kappa shape index (κ3) is 3.80. The number of nitrogens with one attached hydrogen (secondary N) is 1. The molecule has 1 fully saturated rings. The SMILES string of the molecule is COc1ccc(C(C)(C)CNC(=O)N2CCC(C)(C(=O)O)C2)cc1. The second kappa shape index (κ2) is 6.71. The number of methoxy groups -OCH3 is 1. The number of carboxylic acid groups (broad SMARTS) is 1. The van der Waals surface area contributed by atoms with Crippen LogP contribution in [0.1, 0.15) is 32.8 Å². The van der Waals surface area contributed by atoms with Crippen molar-refractivity contribution in [3.8, 4) is 5.75 Å². The Balaban J connectivity index is 1.94. The van der Waals surface area contributed by atoms with Gasteiger partial charge in [-0.05, 0) is 31.0 Å². The first-order valence-corrected chi connectivity index (χ1v) is 8.09. The summed E-state index contributed by atoms with van der Waals surface area (Å²) in [6.45, 7) is 6.98. The monoisotopic (exact) mass is 334 g/mol. The number of ether oxygens (including phenoxy) is 1. The summed E-state index contributed by atoms with van der Waals surface area (Å²) in [7, 11) is 1.63. The maximum Gasteiger partial charge on any atom is 0.317 e. The number of carbonyl (C=O) groups is 2. The van der Waals surface area contributed by atoms with E-state index in [2.05, 4.69) is 19.2 Å². The molecule has 2 rings (SSSR count). The van der Waals surface area contributed by atoms with Crippen molar-refractivity contribution < 1.29 is 19.4 Å². The summed E-state index contributed by atoms with van der Waals surface area (Å²) in [4.78, 5) is 25.2. The molecule has 1 unspecified atom stereocenters. The molecule has 6 nitrogen and oxygen atoms in total. The number of carbonyl (C=O) groups excluding carboxylic acids is 1. The number of rotatable bonds is 5. The Morgan fingerprint density at radius 1 is 1.33 bits per heavy atom. The molecule has 1 atom stereocenters. The summed E-state index contributed by atoms with van der Waals surface area (Å²) in [6.07, 6.45) is 0.484. The van der Waals surface area contributed by atoms with Gasteiger partial charge in [0, 0.05) is 25.0 Å². The van der Waals surface area contributed by atoms with Gasteiger partial charge in [0.15, 0.2) is 0 Å². The maximum atomic E-state index is 12.3. The Bertz CT molecular complexity index is 612. The van der Waals surface area contributed by atoms with E-state index < -0.39 is 11.4 Å². The lowest BCUT2D eigenvalue weighted by Crippen LogP contribution is -2.45. The number of amides is 2. The molecule has 132 valence electrons. The Labute approximate surface area is 142 Å². The first kappa shape index (κ1) is 18.1. The van der Waals surface area contributed by atoms with Crippen LogP contribution in [0, 0.1) is 5.41 Å². The number of urea groups is 1. The van der Waals surface area contributed by atoms with Crippen LogP contribution in [-0.2, 0) is 10.2 Å². The van der Waals surface area contributed by atoms with Crippen molar-refractivity contribution in [3.05, 3.63) is 29.8 Å². The molecule has 24 heavy (non-hydrogen) atoms. The van der Waals surface area contributed by atoms with Crippen molar-refractivity contribution in [2.75, 3.05) is 26.7 Å². The molecule has 1 heterocycles. The Hall–Kier alpha value is -2.24. The summed E-state index contributed by atoms with van der Waals surface area (Å²) in [5.41, 5.74) is 0.0148. The Morgan fingerprint density at radius 3 is 2.46 bits per heavy atom. The normalized spacial score (nSPS) is 20.8. The minimum absolute atomic E-state index is 0.207. The fourth-order valence-corrected chi connectivity index (χ4v) is 2.86. The van der Waals surface area contributed by atoms with Crippen LogP contribution in [-0.4, -0.2) is 48.8 Å². The predicted octanol–water partition coefficient (Wildman–Crippen LogP) is 2.48. The standard InChI is InChI=1S/C18H26N2O4/c1-17(2,13-5-7-14(24-4)8-6-13)11-19-16(23)20-10-9-18(3,12-20)15(21)22/h5-8H,9-12H2,1-4H3,(H,19,23)(H,21,22). The smallest absolute Gasteiger partial charge is 0.317 e. The molecule has 1 aliphatic rings. The van der Waals surface area contributed by atoms with E-state index in [1.807, 2.05) is 24.3 Å². The molecule has 0 aliphatic carbocycles. The van der Waals surface area contributed by atoms with Crippen LogP contribution < -0.4 is 10.1 Å². The molecule has 6 heteroatoms. The lowest BCUT2D eigenvalue weighted by molar-refractivity contribution is -0.147. The largest absolute Gasteiger partial charge is 0.497 e. The quantitative estimate of drug-likeness (QED) is 0.867. The summed E-state index contributed by atoms with van der Waals surface area (Å²) in [5, 5.41) is 12.2. The van der Waals surface area contributed by atoms with Gasteiger partial charge < -0.3 is 20.1 Å². The highest BCUT2D eigenvalue weighted by Crippen LogP contribution is 2.30. The van der Waals surface area contributed by atoms with Crippen LogP contribution in [0.25, 0.3) is 0 Å². The van der Waals surface area contributed by atoms with Gasteiger partial charge in [0.25, 0.3) is 0 Å². The summed E-state index contributed by atoms with van der Waals surface area (Å²) in [5.74, 6) is -0.0556. The predicted molar refractivity (Wildman–Crippen MR) is 91.4 cm³/mol. The fourth-order valence-electron chi connectivity index (χ4n) is 2.86. The van der Waals surface area contributed by atoms with Crippen molar-refractivity contribution >= 4 is 12.0 Å². The second-order valence-electron chi connectivity index (χ2n) is 7.31. The number of hydrogen-bond acceptors (Lipinski definition) is 3. The molecule has 0 spiro atoms. The van der Waals surface area contributed by atoms with Crippen LogP contribution in [0.15, 0.2) is 24.3 Å². The molecule has 1 aliphatic heterocycles. The number of nitrogens with zero attached hydrogens (tertiary/aromatic N) is 1. The molecule has 0 radical (unpaired) electrons. The van der Waals surface area contributed by atoms with Gasteiger partial charge in [0.1, 0.15) is 5.75 Å². The summed E-state index contributed by atoms with van der Waals surface area (Å²) >= 11 is 0. The molecule has 0 aromatic heterocycles. The van der Waals surface area contributed by atoms with E-state index in [4.69, 9.17) is 4.74 Å². The highest BCUT2D eigenvalue weighted by Gasteiger charge is 2.42. The lowest BCUT2D eigenvalue weighted by Gasteiger charge is -2.28. The fraction of sp³-hybridized carbons (Fsp3) is 0.556. The van der Waals surface area contributed by atoms with E-state index >= 15 is 0 Å². The number of aliphatic carboxylic acids is 1. The van der Waals surface area contributed by atoms with Crippen molar-refractivity contribution in [1.82, 2.24) is 10.2 Å². The van der Waals surface area contributed by atoms with E-state index in [9.17, 15) is 14.7 Å². The van der Waals surface area contributed by atoms with E-state index in [-0.39, 0.29) is 18.0 Å². The first-order valence-electron chi connectivity index (χ1n) is 8.09. The van der Waals surface area contributed by atoms with Gasteiger partial charge in [-0.25, -0.2) is 4.79 Å². The summed E-state index contributed by atoms with van der Waals surface area (Å²) in [6, 6.07) is 7.57. The van der Waals surface area contributed by atoms with E-state index in [1.54, 1.807) is 18.9 Å². The molecular weight excluding hydrogens is 308 g/mol. The molecule has 2 N–H and O–H groups in total. The highest BCUT2D eigenvalue weighted by molar-refractivity contribution is 5.79. The minimum atomic E-state index is -0.851. The van der Waals surface area contributed by atoms with Crippen LogP contribution >= 0.6 is 0 Å². The van der Waals surface area contributed by atoms with Gasteiger partial charge in [0.2, 0.25) is 0 Å². The minimum Gasteiger partial charge on any atom is -0.497 e. The van der Waals surface area contributed by atoms with Crippen LogP contribution in [0.4, 0.5) is 4.79 Å². The van der Waals surface area contributed by atoms with Crippen molar-refractivity contribution in [1.29, 1.82) is 0 Å². The van der Waals surface area contributed by atoms with Gasteiger partial charge in [0.05, 0.1) is 12.5 Å². The second-order valence-corrected chi connectivity index (χ2v) is 7.31. The van der Waals surface area contributed by atoms with Crippen LogP contribution in [0.2, 0.25) is 0 Å². The average molecular weight is 334 g/mol. The number of benzene rings is 1. The Morgan fingerprint density at radius 2 is 1.96 bits per heavy atom. The van der Waals surface area contributed by atoms with Crippen molar-refractivity contribution in [2.24, 2.45) is 5.41 Å². The third-order valence-corrected chi connectivity index (χ3v) is 4.83. The summed E-state index contributed by atoms with van der Waals surface area (Å²) < 4.78 is 5.16. The van der Waals surface area contributed by atoms with Crippen molar-refractivity contribution in [2.45, 2.75) is 32.6 Å². The van der Waals surface area contributed by atoms with Gasteiger partial charge in [-0.2, -0.15) is 0 Å². The van der Waals surface area contributed by atoms with E-state index in [0.717, 1.165) is 11.3 Å². The van der Waals surface area contributed by atoms with Gasteiger partial charge in [-0.1, -0.05) is 26.0 Å². The molecule has 2 amide bonds. The first-order chi connectivity index (χ1) is 11.2. The zero-order valence-electron chi connectivity index (χ0n) is 14.8. The molecule has 1 saturated heterocycles. The van der Waals surface area contributed by atoms with Gasteiger partial charge in [-0.15, -0.1) is 0 Å². The van der Waals surface area contributed by atoms with Gasteiger partial charge >= 0.3 is 12.0 Å². The molecule has 0 saturated carbocycles. The van der Waals surface area contributed by atoms with Crippen molar-refractivity contribution in [3.63, 3.8) is 0 Å². The maximum absolute atomic E-state index is 12.3. The zero-order valence-corrected chi connectivity index (χ0v) is 14.8. The van der Waals surface area contributed by atoms with E-state index in [1.165, 1.54) is 0 Å². The highest BCUT2D eigenvalue weighted by atomic mass is 16.5. The van der Waals surface area contributed by atoms with E-state index in [0.29, 0.717) is 19.5 Å². The van der Waals surface area contributed by atoms with Gasteiger partial charge in [-0.3, -0.25) is 4.79 Å². The Kier molecular flexibility index (Phi) is 5.06. The molecule has 0 bridgehead atoms. The van der Waals surface area contributed by atoms with Crippen LogP contribution in [0.5, 0.6) is 5.75 Å². The molecular formula is C18H26N2O4. The topological polar surface area (TPSA) is 78.9 Å². The average Bonchev–Trinajstić information content (AvgIpc) is 2.97. The lowest BCUT2D eigenvalue weighted by atomic mass is 9.84. The number of likely N-dealkylation sites (tertiary alicyclic amines) is 1. The zero-order chi connectivity index (χ0) is 18.0. The molecule has 1 aromatic carbocycles. The molecule has 1 aromatic rings. The van der Waals surface area contributed by atoms with Crippen LogP contribution in [0.3, 0.4) is 0 Å². The number of carboxylic acids is 1. The third-order valence-electron chi connectivity index (χ3n) is 4.83.